The van der Waals surface area contributed by atoms with E-state index in [0.29, 0.717) is 6.42 Å². The number of hydrogen-bond acceptors (Lipinski definition) is 3. The van der Waals surface area contributed by atoms with E-state index < -0.39 is 24.6 Å². The van der Waals surface area contributed by atoms with Crippen LogP contribution in [0, 0.1) is 11.3 Å². The molecule has 0 fully saturated rings. The smallest absolute Gasteiger partial charge is 0.330 e. The summed E-state index contributed by atoms with van der Waals surface area (Å²) in [5, 5.41) is 0. The summed E-state index contributed by atoms with van der Waals surface area (Å²) < 4.78 is 35.3. The van der Waals surface area contributed by atoms with Gasteiger partial charge in [0.1, 0.15) is 0 Å². The van der Waals surface area contributed by atoms with Gasteiger partial charge in [-0.05, 0) is 11.8 Å². The van der Waals surface area contributed by atoms with E-state index in [2.05, 4.69) is 4.84 Å². The number of rotatable bonds is 5. The van der Waals surface area contributed by atoms with E-state index in [1.54, 1.807) is 5.48 Å². The first-order valence-corrected chi connectivity index (χ1v) is 5.23. The summed E-state index contributed by atoms with van der Waals surface area (Å²) in [5.74, 6) is -1.17. The summed E-state index contributed by atoms with van der Waals surface area (Å²) in [6, 6.07) is 0. The van der Waals surface area contributed by atoms with Crippen molar-refractivity contribution >= 4 is 5.91 Å². The highest BCUT2D eigenvalue weighted by molar-refractivity contribution is 5.77. The lowest BCUT2D eigenvalue weighted by Gasteiger charge is -2.24. The first-order valence-electron chi connectivity index (χ1n) is 5.23. The van der Waals surface area contributed by atoms with Crippen molar-refractivity contribution in [3.8, 4) is 0 Å². The van der Waals surface area contributed by atoms with Gasteiger partial charge in [-0.3, -0.25) is 9.63 Å². The molecule has 0 aromatic carbocycles. The average Bonchev–Trinajstić information content (AvgIpc) is 2.10. The van der Waals surface area contributed by atoms with Crippen molar-refractivity contribution in [3.63, 3.8) is 0 Å². The third-order valence-electron chi connectivity index (χ3n) is 1.92. The molecule has 3 N–H and O–H groups in total. The summed E-state index contributed by atoms with van der Waals surface area (Å²) in [6.45, 7) is 4.31. The standard InChI is InChI=1S/C10H19F3N2O2/c1-9(2,3)4-7(5-14)8(16)15-17-6-10(11,12)13/h7H,4-6,14H2,1-3H3,(H,15,16). The minimum Gasteiger partial charge on any atom is -0.330 e. The molecule has 0 saturated heterocycles. The fourth-order valence-electron chi connectivity index (χ4n) is 1.29. The molecule has 4 nitrogen and oxygen atoms in total. The predicted octanol–water partition coefficient (Wildman–Crippen LogP) is 1.61. The van der Waals surface area contributed by atoms with Gasteiger partial charge >= 0.3 is 6.18 Å². The maximum atomic E-state index is 11.8. The van der Waals surface area contributed by atoms with Gasteiger partial charge in [-0.25, -0.2) is 5.48 Å². The number of halogens is 3. The Labute approximate surface area is 98.6 Å². The van der Waals surface area contributed by atoms with Crippen LogP contribution in [0.4, 0.5) is 13.2 Å². The van der Waals surface area contributed by atoms with Crippen LogP contribution < -0.4 is 11.2 Å². The maximum absolute atomic E-state index is 11.8. The Morgan fingerprint density at radius 1 is 1.35 bits per heavy atom. The molecule has 0 aliphatic heterocycles. The van der Waals surface area contributed by atoms with Crippen molar-refractivity contribution < 1.29 is 22.8 Å². The lowest BCUT2D eigenvalue weighted by Crippen LogP contribution is -2.38. The topological polar surface area (TPSA) is 64.4 Å². The molecule has 0 rings (SSSR count). The summed E-state index contributed by atoms with van der Waals surface area (Å²) >= 11 is 0. The highest BCUT2D eigenvalue weighted by Gasteiger charge is 2.29. The van der Waals surface area contributed by atoms with Crippen molar-refractivity contribution in [1.82, 2.24) is 5.48 Å². The highest BCUT2D eigenvalue weighted by atomic mass is 19.4. The van der Waals surface area contributed by atoms with E-state index >= 15 is 0 Å². The van der Waals surface area contributed by atoms with Crippen LogP contribution in [0.2, 0.25) is 0 Å². The summed E-state index contributed by atoms with van der Waals surface area (Å²) in [4.78, 5) is 15.5. The number of carbonyl (C=O) groups excluding carboxylic acids is 1. The molecule has 0 radical (unpaired) electrons. The molecule has 1 atom stereocenters. The molecular weight excluding hydrogens is 237 g/mol. The Bertz CT molecular complexity index is 249. The van der Waals surface area contributed by atoms with Gasteiger partial charge in [0.2, 0.25) is 5.91 Å². The van der Waals surface area contributed by atoms with Crippen LogP contribution in [0.25, 0.3) is 0 Å². The molecule has 0 aromatic heterocycles. The lowest BCUT2D eigenvalue weighted by molar-refractivity contribution is -0.193. The molecule has 0 spiro atoms. The van der Waals surface area contributed by atoms with Crippen LogP contribution in [-0.4, -0.2) is 25.2 Å². The lowest BCUT2D eigenvalue weighted by atomic mass is 9.84. The quantitative estimate of drug-likeness (QED) is 0.734. The van der Waals surface area contributed by atoms with Crippen LogP contribution in [0.3, 0.4) is 0 Å². The fourth-order valence-corrected chi connectivity index (χ4v) is 1.29. The zero-order chi connectivity index (χ0) is 13.7. The monoisotopic (exact) mass is 256 g/mol. The molecule has 0 aliphatic carbocycles. The SMILES string of the molecule is CC(C)(C)CC(CN)C(=O)NOCC(F)(F)F. The van der Waals surface area contributed by atoms with E-state index in [1.165, 1.54) is 0 Å². The molecule has 1 amide bonds. The second-order valence-electron chi connectivity index (χ2n) is 5.07. The average molecular weight is 256 g/mol. The molecule has 0 saturated carbocycles. The van der Waals surface area contributed by atoms with Gasteiger partial charge in [-0.15, -0.1) is 0 Å². The number of hydroxylamine groups is 1. The second-order valence-corrected chi connectivity index (χ2v) is 5.07. The Kier molecular flexibility index (Phi) is 5.91. The molecule has 102 valence electrons. The molecule has 0 aromatic rings. The third-order valence-corrected chi connectivity index (χ3v) is 1.92. The van der Waals surface area contributed by atoms with Gasteiger partial charge in [0.05, 0.1) is 5.92 Å². The van der Waals surface area contributed by atoms with E-state index in [9.17, 15) is 18.0 Å². The van der Waals surface area contributed by atoms with Crippen LogP contribution in [-0.2, 0) is 9.63 Å². The number of alkyl halides is 3. The molecule has 7 heteroatoms. The zero-order valence-corrected chi connectivity index (χ0v) is 10.2. The molecular formula is C10H19F3N2O2. The van der Waals surface area contributed by atoms with Crippen molar-refractivity contribution in [2.45, 2.75) is 33.4 Å². The highest BCUT2D eigenvalue weighted by Crippen LogP contribution is 2.24. The Balaban J connectivity index is 4.10. The van der Waals surface area contributed by atoms with E-state index in [0.717, 1.165) is 0 Å². The van der Waals surface area contributed by atoms with Crippen LogP contribution in [0.15, 0.2) is 0 Å². The summed E-state index contributed by atoms with van der Waals surface area (Å²) in [5.41, 5.74) is 7.04. The van der Waals surface area contributed by atoms with Crippen molar-refractivity contribution in [1.29, 1.82) is 0 Å². The van der Waals surface area contributed by atoms with Crippen molar-refractivity contribution in [2.75, 3.05) is 13.2 Å². The van der Waals surface area contributed by atoms with Gasteiger partial charge in [0.15, 0.2) is 6.61 Å². The first-order chi connectivity index (χ1) is 7.55. The van der Waals surface area contributed by atoms with Gasteiger partial charge in [-0.1, -0.05) is 20.8 Å². The van der Waals surface area contributed by atoms with Crippen LogP contribution in [0.1, 0.15) is 27.2 Å². The number of carbonyl (C=O) groups is 1. The Morgan fingerprint density at radius 2 is 1.88 bits per heavy atom. The molecule has 17 heavy (non-hydrogen) atoms. The van der Waals surface area contributed by atoms with E-state index in [1.807, 2.05) is 20.8 Å². The number of hydrogen-bond donors (Lipinski definition) is 2. The van der Waals surface area contributed by atoms with Gasteiger partial charge < -0.3 is 5.73 Å². The van der Waals surface area contributed by atoms with Crippen LogP contribution >= 0.6 is 0 Å². The predicted molar refractivity (Wildman–Crippen MR) is 56.8 cm³/mol. The zero-order valence-electron chi connectivity index (χ0n) is 10.2. The van der Waals surface area contributed by atoms with E-state index in [-0.39, 0.29) is 12.0 Å². The molecule has 1 unspecified atom stereocenters. The number of amides is 1. The molecule has 0 aliphatic rings. The number of nitrogens with one attached hydrogen (secondary N) is 1. The normalized spacial score (nSPS) is 14.5. The largest absolute Gasteiger partial charge is 0.414 e. The van der Waals surface area contributed by atoms with Gasteiger partial charge in [-0.2, -0.15) is 13.2 Å². The minimum absolute atomic E-state index is 0.0679. The Morgan fingerprint density at radius 3 is 2.24 bits per heavy atom. The second kappa shape index (κ2) is 6.20. The van der Waals surface area contributed by atoms with Crippen molar-refractivity contribution in [3.05, 3.63) is 0 Å². The van der Waals surface area contributed by atoms with Gasteiger partial charge in [0.25, 0.3) is 0 Å². The minimum atomic E-state index is -4.46. The third kappa shape index (κ3) is 8.93. The maximum Gasteiger partial charge on any atom is 0.414 e. The fraction of sp³-hybridized carbons (Fsp3) is 0.900. The van der Waals surface area contributed by atoms with Gasteiger partial charge in [0, 0.05) is 6.54 Å². The molecule has 0 bridgehead atoms. The summed E-state index contributed by atoms with van der Waals surface area (Å²) in [7, 11) is 0. The summed E-state index contributed by atoms with van der Waals surface area (Å²) in [6.07, 6.45) is -3.99. The van der Waals surface area contributed by atoms with Crippen molar-refractivity contribution in [2.24, 2.45) is 17.1 Å². The first kappa shape index (κ1) is 16.2. The van der Waals surface area contributed by atoms with Crippen LogP contribution in [0.5, 0.6) is 0 Å². The Hall–Kier alpha value is -0.820. The molecule has 0 heterocycles. The number of nitrogens with two attached hydrogens (primary N) is 1. The van der Waals surface area contributed by atoms with E-state index in [4.69, 9.17) is 5.73 Å².